The normalized spacial score (nSPS) is 16.5. The summed E-state index contributed by atoms with van der Waals surface area (Å²) in [5.41, 5.74) is 0.331. The lowest BCUT2D eigenvalue weighted by Crippen LogP contribution is -2.08. The lowest BCUT2D eigenvalue weighted by molar-refractivity contribution is -0.384. The highest BCUT2D eigenvalue weighted by molar-refractivity contribution is 7.86. The number of hydrogen-bond donors (Lipinski definition) is 0. The predicted octanol–water partition coefficient (Wildman–Crippen LogP) is 1.74. The van der Waals surface area contributed by atoms with E-state index in [0.717, 1.165) is 24.3 Å². The Labute approximate surface area is 125 Å². The van der Waals surface area contributed by atoms with E-state index < -0.39 is 15.0 Å². The average molecular weight is 322 g/mol. The molecule has 0 N–H and O–H groups in total. The number of nitrogens with zero attached hydrogens (tertiary/aromatic N) is 2. The van der Waals surface area contributed by atoms with Gasteiger partial charge in [-0.05, 0) is 42.9 Å². The molecule has 0 saturated carbocycles. The Morgan fingerprint density at radius 1 is 1.18 bits per heavy atom. The summed E-state index contributed by atoms with van der Waals surface area (Å²) in [6.07, 6.45) is 3.95. The number of carbonyl (C=O) groups is 1. The summed E-state index contributed by atoms with van der Waals surface area (Å²) >= 11 is 0. The van der Waals surface area contributed by atoms with E-state index in [9.17, 15) is 23.3 Å². The zero-order valence-electron chi connectivity index (χ0n) is 11.3. The Morgan fingerprint density at radius 2 is 1.82 bits per heavy atom. The minimum atomic E-state index is -4.19. The molecule has 0 amide bonds. The van der Waals surface area contributed by atoms with E-state index in [1.54, 1.807) is 6.92 Å². The highest BCUT2D eigenvalue weighted by atomic mass is 32.2. The van der Waals surface area contributed by atoms with E-state index in [1.165, 1.54) is 18.2 Å². The molecule has 0 fully saturated rings. The quantitative estimate of drug-likeness (QED) is 0.473. The van der Waals surface area contributed by atoms with Gasteiger partial charge < -0.3 is 0 Å². The van der Waals surface area contributed by atoms with E-state index in [1.807, 2.05) is 0 Å². The molecule has 22 heavy (non-hydrogen) atoms. The second-order valence-electron chi connectivity index (χ2n) is 4.32. The summed E-state index contributed by atoms with van der Waals surface area (Å²) in [6.45, 7) is 1.56. The number of oxime groups is 1. The number of rotatable bonds is 4. The Bertz CT molecular complexity index is 819. The highest BCUT2D eigenvalue weighted by Gasteiger charge is 2.18. The minimum absolute atomic E-state index is 0.169. The lowest BCUT2D eigenvalue weighted by Gasteiger charge is -2.04. The number of non-ortho nitro benzene ring substituents is 1. The van der Waals surface area contributed by atoms with Crippen molar-refractivity contribution in [2.45, 2.75) is 11.8 Å². The molecule has 1 aromatic carbocycles. The first-order valence-corrected chi connectivity index (χ1v) is 7.37. The standard InChI is InChI=1S/C13H10N2O6S/c1-9-8-10(2-7-13(9)16)14-21-22(19,20)12-5-3-11(4-6-12)15(17)18/h2-8H,1H3. The molecule has 9 heteroatoms. The van der Waals surface area contributed by atoms with Crippen LogP contribution in [0.4, 0.5) is 5.69 Å². The van der Waals surface area contributed by atoms with Crippen molar-refractivity contribution < 1.29 is 22.4 Å². The van der Waals surface area contributed by atoms with Crippen LogP contribution in [0.15, 0.2) is 58.1 Å². The molecule has 8 nitrogen and oxygen atoms in total. The Balaban J connectivity index is 2.20. The Morgan fingerprint density at radius 3 is 2.36 bits per heavy atom. The molecule has 1 aliphatic carbocycles. The van der Waals surface area contributed by atoms with E-state index in [2.05, 4.69) is 9.44 Å². The molecule has 0 unspecified atom stereocenters. The molecule has 0 saturated heterocycles. The number of nitro benzene ring substituents is 1. The van der Waals surface area contributed by atoms with Crippen molar-refractivity contribution in [3.05, 3.63) is 58.2 Å². The van der Waals surface area contributed by atoms with Crippen LogP contribution in [0.5, 0.6) is 0 Å². The molecule has 0 atom stereocenters. The smallest absolute Gasteiger partial charge is 0.290 e. The van der Waals surface area contributed by atoms with Crippen molar-refractivity contribution in [3.63, 3.8) is 0 Å². The van der Waals surface area contributed by atoms with E-state index in [-0.39, 0.29) is 22.1 Å². The maximum absolute atomic E-state index is 11.9. The minimum Gasteiger partial charge on any atom is -0.290 e. The van der Waals surface area contributed by atoms with E-state index in [4.69, 9.17) is 0 Å². The van der Waals surface area contributed by atoms with Gasteiger partial charge in [-0.25, -0.2) is 0 Å². The van der Waals surface area contributed by atoms with Gasteiger partial charge in [-0.1, -0.05) is 5.16 Å². The summed E-state index contributed by atoms with van der Waals surface area (Å²) < 4.78 is 28.3. The van der Waals surface area contributed by atoms with Crippen LogP contribution in [0, 0.1) is 10.1 Å². The Hall–Kier alpha value is -2.81. The second-order valence-corrected chi connectivity index (χ2v) is 5.85. The first-order chi connectivity index (χ1) is 10.3. The fraction of sp³-hybridized carbons (Fsp3) is 0.0769. The van der Waals surface area contributed by atoms with Crippen molar-refractivity contribution in [2.75, 3.05) is 0 Å². The SMILES string of the molecule is CC1=CC(=NOS(=O)(=O)c2ccc([N+](=O)[O-])cc2)C=CC1=O. The van der Waals surface area contributed by atoms with Gasteiger partial charge >= 0.3 is 10.1 Å². The molecule has 2 rings (SSSR count). The fourth-order valence-corrected chi connectivity index (χ4v) is 2.30. The van der Waals surface area contributed by atoms with Crippen molar-refractivity contribution >= 4 is 27.3 Å². The number of hydrogen-bond acceptors (Lipinski definition) is 7. The number of nitro groups is 1. The van der Waals surface area contributed by atoms with Crippen molar-refractivity contribution in [1.29, 1.82) is 0 Å². The molecule has 0 radical (unpaired) electrons. The molecule has 114 valence electrons. The third-order valence-corrected chi connectivity index (χ3v) is 3.86. The zero-order valence-corrected chi connectivity index (χ0v) is 12.1. The van der Waals surface area contributed by atoms with Crippen LogP contribution < -0.4 is 0 Å². The van der Waals surface area contributed by atoms with Gasteiger partial charge in [-0.3, -0.25) is 19.2 Å². The largest absolute Gasteiger partial charge is 0.358 e. The van der Waals surface area contributed by atoms with Crippen LogP contribution in [0.25, 0.3) is 0 Å². The van der Waals surface area contributed by atoms with Gasteiger partial charge in [0.1, 0.15) is 10.6 Å². The molecule has 0 spiro atoms. The fourth-order valence-electron chi connectivity index (χ4n) is 1.56. The van der Waals surface area contributed by atoms with Crippen LogP contribution >= 0.6 is 0 Å². The third-order valence-electron chi connectivity index (χ3n) is 2.74. The van der Waals surface area contributed by atoms with E-state index >= 15 is 0 Å². The van der Waals surface area contributed by atoms with Crippen molar-refractivity contribution in [2.24, 2.45) is 5.16 Å². The van der Waals surface area contributed by atoms with Crippen molar-refractivity contribution in [3.8, 4) is 0 Å². The van der Waals surface area contributed by atoms with Crippen LogP contribution in [0.1, 0.15) is 6.92 Å². The molecule has 1 aromatic rings. The zero-order chi connectivity index (χ0) is 16.3. The maximum atomic E-state index is 11.9. The van der Waals surface area contributed by atoms with Crippen LogP contribution in [-0.4, -0.2) is 24.8 Å². The highest BCUT2D eigenvalue weighted by Crippen LogP contribution is 2.18. The van der Waals surface area contributed by atoms with Gasteiger partial charge in [0.15, 0.2) is 5.78 Å². The molecule has 1 aliphatic rings. The number of ketones is 1. The van der Waals surface area contributed by atoms with Crippen molar-refractivity contribution in [1.82, 2.24) is 0 Å². The monoisotopic (exact) mass is 322 g/mol. The summed E-state index contributed by atoms with van der Waals surface area (Å²) in [4.78, 5) is 20.8. The van der Waals surface area contributed by atoms with Gasteiger partial charge in [-0.2, -0.15) is 8.42 Å². The Kier molecular flexibility index (Phi) is 4.18. The molecule has 0 bridgehead atoms. The van der Waals surface area contributed by atoms with Gasteiger partial charge in [0.2, 0.25) is 0 Å². The van der Waals surface area contributed by atoms with Gasteiger partial charge in [0.05, 0.1) is 4.92 Å². The summed E-state index contributed by atoms with van der Waals surface area (Å²) in [7, 11) is -4.19. The average Bonchev–Trinajstić information content (AvgIpc) is 2.48. The number of allylic oxidation sites excluding steroid dienone is 4. The number of benzene rings is 1. The molecular weight excluding hydrogens is 312 g/mol. The maximum Gasteiger partial charge on any atom is 0.358 e. The van der Waals surface area contributed by atoms with Gasteiger partial charge in [0, 0.05) is 12.1 Å². The predicted molar refractivity (Wildman–Crippen MR) is 76.7 cm³/mol. The van der Waals surface area contributed by atoms with Crippen LogP contribution in [-0.2, 0) is 19.2 Å². The van der Waals surface area contributed by atoms with Gasteiger partial charge in [0.25, 0.3) is 5.69 Å². The first-order valence-electron chi connectivity index (χ1n) is 5.96. The molecule has 0 heterocycles. The second kappa shape index (κ2) is 5.90. The molecular formula is C13H10N2O6S. The lowest BCUT2D eigenvalue weighted by atomic mass is 10.1. The summed E-state index contributed by atoms with van der Waals surface area (Å²) in [5.74, 6) is -0.197. The summed E-state index contributed by atoms with van der Waals surface area (Å²) in [5, 5.41) is 14.0. The first kappa shape index (κ1) is 15.6. The van der Waals surface area contributed by atoms with Gasteiger partial charge in [-0.15, -0.1) is 0 Å². The molecule has 0 aliphatic heterocycles. The number of carbonyl (C=O) groups excluding carboxylic acids is 1. The molecule has 0 aromatic heterocycles. The topological polar surface area (TPSA) is 116 Å². The van der Waals surface area contributed by atoms with E-state index in [0.29, 0.717) is 5.57 Å². The third kappa shape index (κ3) is 3.44. The van der Waals surface area contributed by atoms with Crippen LogP contribution in [0.3, 0.4) is 0 Å². The van der Waals surface area contributed by atoms with Crippen LogP contribution in [0.2, 0.25) is 0 Å². The summed E-state index contributed by atoms with van der Waals surface area (Å²) in [6, 6.07) is 4.20.